The Morgan fingerprint density at radius 3 is 1.84 bits per heavy atom. The summed E-state index contributed by atoms with van der Waals surface area (Å²) in [6, 6.07) is 0. The van der Waals surface area contributed by atoms with Crippen molar-refractivity contribution in [3.8, 4) is 0 Å². The molecule has 0 aromatic carbocycles. The van der Waals surface area contributed by atoms with E-state index in [-0.39, 0.29) is 11.9 Å². The summed E-state index contributed by atoms with van der Waals surface area (Å²) in [6.45, 7) is 11.9. The maximum absolute atomic E-state index is 12.3. The fourth-order valence-corrected chi connectivity index (χ4v) is 4.05. The van der Waals surface area contributed by atoms with Crippen molar-refractivity contribution in [2.45, 2.75) is 150 Å². The third kappa shape index (κ3) is 17.4. The SMILES string of the molecule is CCCCCCCCCC=CCCCCCCC(C)C(=O)OC(C)C(C)(O)CC(C)C. The molecule has 0 saturated heterocycles. The van der Waals surface area contributed by atoms with Crippen LogP contribution in [0.25, 0.3) is 0 Å². The van der Waals surface area contributed by atoms with Gasteiger partial charge in [-0.2, -0.15) is 0 Å². The first kappa shape index (κ1) is 30.2. The highest BCUT2D eigenvalue weighted by molar-refractivity contribution is 5.72. The van der Waals surface area contributed by atoms with E-state index in [1.54, 1.807) is 13.8 Å². The van der Waals surface area contributed by atoms with E-state index in [9.17, 15) is 9.90 Å². The van der Waals surface area contributed by atoms with E-state index >= 15 is 0 Å². The Hall–Kier alpha value is -0.830. The number of esters is 1. The first-order chi connectivity index (χ1) is 14.7. The van der Waals surface area contributed by atoms with Gasteiger partial charge in [-0.25, -0.2) is 0 Å². The Morgan fingerprint density at radius 2 is 1.32 bits per heavy atom. The predicted molar refractivity (Wildman–Crippen MR) is 134 cm³/mol. The zero-order chi connectivity index (χ0) is 23.5. The highest BCUT2D eigenvalue weighted by Crippen LogP contribution is 2.24. The van der Waals surface area contributed by atoms with Crippen molar-refractivity contribution in [1.29, 1.82) is 0 Å². The molecular weight excluding hydrogens is 384 g/mol. The molecule has 0 aliphatic carbocycles. The van der Waals surface area contributed by atoms with E-state index in [0.29, 0.717) is 12.3 Å². The minimum atomic E-state index is -0.967. The van der Waals surface area contributed by atoms with Crippen LogP contribution in [0.1, 0.15) is 138 Å². The summed E-state index contributed by atoms with van der Waals surface area (Å²) in [7, 11) is 0. The van der Waals surface area contributed by atoms with Gasteiger partial charge in [-0.3, -0.25) is 4.79 Å². The molecule has 0 aromatic rings. The van der Waals surface area contributed by atoms with E-state index in [4.69, 9.17) is 4.74 Å². The number of unbranched alkanes of at least 4 members (excludes halogenated alkanes) is 11. The summed E-state index contributed by atoms with van der Waals surface area (Å²) < 4.78 is 5.55. The van der Waals surface area contributed by atoms with Crippen LogP contribution in [-0.2, 0) is 9.53 Å². The molecule has 0 heterocycles. The molecule has 184 valence electrons. The topological polar surface area (TPSA) is 46.5 Å². The molecule has 31 heavy (non-hydrogen) atoms. The second-order valence-electron chi connectivity index (χ2n) is 10.3. The number of allylic oxidation sites excluding steroid dienone is 2. The third-order valence-corrected chi connectivity index (χ3v) is 6.29. The lowest BCUT2D eigenvalue weighted by atomic mass is 9.89. The van der Waals surface area contributed by atoms with Gasteiger partial charge in [0.05, 0.1) is 11.5 Å². The Morgan fingerprint density at radius 1 is 0.839 bits per heavy atom. The number of hydrogen-bond acceptors (Lipinski definition) is 3. The number of hydrogen-bond donors (Lipinski definition) is 1. The highest BCUT2D eigenvalue weighted by atomic mass is 16.6. The van der Waals surface area contributed by atoms with Crippen molar-refractivity contribution in [3.63, 3.8) is 0 Å². The minimum absolute atomic E-state index is 0.0980. The number of rotatable bonds is 20. The van der Waals surface area contributed by atoms with Crippen LogP contribution < -0.4 is 0 Å². The van der Waals surface area contributed by atoms with Crippen molar-refractivity contribution < 1.29 is 14.6 Å². The highest BCUT2D eigenvalue weighted by Gasteiger charge is 2.33. The molecule has 0 aromatic heterocycles. The summed E-state index contributed by atoms with van der Waals surface area (Å²) in [5, 5.41) is 10.5. The van der Waals surface area contributed by atoms with Gasteiger partial charge in [0.25, 0.3) is 0 Å². The average molecular weight is 439 g/mol. The van der Waals surface area contributed by atoms with Crippen molar-refractivity contribution >= 4 is 5.97 Å². The maximum atomic E-state index is 12.3. The van der Waals surface area contributed by atoms with Crippen molar-refractivity contribution in [1.82, 2.24) is 0 Å². The zero-order valence-corrected chi connectivity index (χ0v) is 21.8. The second kappa shape index (κ2) is 18.7. The fourth-order valence-electron chi connectivity index (χ4n) is 4.05. The van der Waals surface area contributed by atoms with Crippen LogP contribution in [0.15, 0.2) is 12.2 Å². The fraction of sp³-hybridized carbons (Fsp3) is 0.893. The Bertz CT molecular complexity index is 453. The third-order valence-electron chi connectivity index (χ3n) is 6.29. The molecule has 3 atom stereocenters. The molecule has 0 aliphatic rings. The van der Waals surface area contributed by atoms with Crippen molar-refractivity contribution in [2.24, 2.45) is 11.8 Å². The standard InChI is InChI=1S/C28H54O3/c1-7-8-9-10-11-12-13-14-15-16-17-18-19-20-21-22-25(4)27(29)31-26(5)28(6,30)23-24(2)3/h15-16,24-26,30H,7-14,17-23H2,1-6H3. The van der Waals surface area contributed by atoms with Gasteiger partial charge in [-0.15, -0.1) is 0 Å². The van der Waals surface area contributed by atoms with Crippen LogP contribution in [0.4, 0.5) is 0 Å². The van der Waals surface area contributed by atoms with Gasteiger partial charge in [-0.1, -0.05) is 97.6 Å². The number of carbonyl (C=O) groups excluding carboxylic acids is 1. The number of carbonyl (C=O) groups is 1. The molecule has 0 saturated carbocycles. The summed E-state index contributed by atoms with van der Waals surface area (Å²) in [6.07, 6.45) is 22.5. The van der Waals surface area contributed by atoms with E-state index in [2.05, 4.69) is 32.9 Å². The van der Waals surface area contributed by atoms with Gasteiger partial charge in [0.2, 0.25) is 0 Å². The predicted octanol–water partition coefficient (Wildman–Crippen LogP) is 8.39. The molecule has 3 nitrogen and oxygen atoms in total. The molecule has 0 spiro atoms. The number of ether oxygens (including phenoxy) is 1. The van der Waals surface area contributed by atoms with Crippen LogP contribution in [0.2, 0.25) is 0 Å². The monoisotopic (exact) mass is 438 g/mol. The van der Waals surface area contributed by atoms with Crippen LogP contribution in [-0.4, -0.2) is 22.8 Å². The molecule has 0 bridgehead atoms. The molecule has 0 amide bonds. The molecule has 0 radical (unpaired) electrons. The Kier molecular flexibility index (Phi) is 18.2. The molecule has 0 aliphatic heterocycles. The molecule has 3 heteroatoms. The summed E-state index contributed by atoms with van der Waals surface area (Å²) >= 11 is 0. The molecule has 1 N–H and O–H groups in total. The van der Waals surface area contributed by atoms with Gasteiger partial charge in [0, 0.05) is 0 Å². The number of aliphatic hydroxyl groups is 1. The second-order valence-corrected chi connectivity index (χ2v) is 10.3. The van der Waals surface area contributed by atoms with Gasteiger partial charge >= 0.3 is 5.97 Å². The zero-order valence-electron chi connectivity index (χ0n) is 21.8. The van der Waals surface area contributed by atoms with E-state index in [1.165, 1.54) is 77.0 Å². The van der Waals surface area contributed by atoms with Crippen LogP contribution in [0, 0.1) is 11.8 Å². The maximum Gasteiger partial charge on any atom is 0.309 e. The van der Waals surface area contributed by atoms with Crippen molar-refractivity contribution in [3.05, 3.63) is 12.2 Å². The molecule has 3 unspecified atom stereocenters. The van der Waals surface area contributed by atoms with E-state index < -0.39 is 11.7 Å². The summed E-state index contributed by atoms with van der Waals surface area (Å²) in [4.78, 5) is 12.3. The molecule has 0 fully saturated rings. The van der Waals surface area contributed by atoms with Crippen molar-refractivity contribution in [2.75, 3.05) is 0 Å². The Labute approximate surface area is 194 Å². The first-order valence-electron chi connectivity index (χ1n) is 13.3. The minimum Gasteiger partial charge on any atom is -0.459 e. The molecular formula is C28H54O3. The average Bonchev–Trinajstić information content (AvgIpc) is 2.69. The van der Waals surface area contributed by atoms with Gasteiger partial charge in [0.1, 0.15) is 6.10 Å². The lowest BCUT2D eigenvalue weighted by Crippen LogP contribution is -2.42. The van der Waals surface area contributed by atoms with Crippen LogP contribution in [0.3, 0.4) is 0 Å². The Balaban J connectivity index is 3.68. The van der Waals surface area contributed by atoms with E-state index in [0.717, 1.165) is 12.8 Å². The van der Waals surface area contributed by atoms with Gasteiger partial charge in [0.15, 0.2) is 0 Å². The van der Waals surface area contributed by atoms with Crippen LogP contribution >= 0.6 is 0 Å². The normalized spacial score (nSPS) is 15.9. The lowest BCUT2D eigenvalue weighted by molar-refractivity contribution is -0.167. The first-order valence-corrected chi connectivity index (χ1v) is 13.3. The van der Waals surface area contributed by atoms with Gasteiger partial charge < -0.3 is 9.84 Å². The largest absolute Gasteiger partial charge is 0.459 e. The van der Waals surface area contributed by atoms with Crippen LogP contribution in [0.5, 0.6) is 0 Å². The lowest BCUT2D eigenvalue weighted by Gasteiger charge is -2.32. The summed E-state index contributed by atoms with van der Waals surface area (Å²) in [5.41, 5.74) is -0.967. The smallest absolute Gasteiger partial charge is 0.309 e. The summed E-state index contributed by atoms with van der Waals surface area (Å²) in [5.74, 6) is 0.0905. The quantitative estimate of drug-likeness (QED) is 0.118. The van der Waals surface area contributed by atoms with E-state index in [1.807, 2.05) is 6.92 Å². The molecule has 0 rings (SSSR count). The van der Waals surface area contributed by atoms with Gasteiger partial charge in [-0.05, 0) is 58.3 Å².